The molecule has 0 bridgehead atoms. The molecule has 0 saturated heterocycles. The summed E-state index contributed by atoms with van der Waals surface area (Å²) in [4.78, 5) is 0. The predicted octanol–water partition coefficient (Wildman–Crippen LogP) is 1.59. The largest absolute Gasteiger partial charge is 0.333 e. The van der Waals surface area contributed by atoms with E-state index in [0.29, 0.717) is 6.42 Å². The van der Waals surface area contributed by atoms with Crippen molar-refractivity contribution in [3.05, 3.63) is 0 Å². The summed E-state index contributed by atoms with van der Waals surface area (Å²) in [7, 11) is -4.10. The van der Waals surface area contributed by atoms with Crippen molar-refractivity contribution in [3.63, 3.8) is 0 Å². The van der Waals surface area contributed by atoms with Crippen LogP contribution in [0, 0.1) is 5.41 Å². The molecule has 80 valence electrons. The Balaban J connectivity index is 4.43. The van der Waals surface area contributed by atoms with E-state index >= 15 is 0 Å². The first-order valence-electron chi connectivity index (χ1n) is 4.18. The summed E-state index contributed by atoms with van der Waals surface area (Å²) in [5.41, 5.74) is -0.604. The highest BCUT2D eigenvalue weighted by atomic mass is 32.2. The molecular formula is C8H19NO3S. The first-order valence-corrected chi connectivity index (χ1v) is 5.62. The summed E-state index contributed by atoms with van der Waals surface area (Å²) in [6, 6.07) is 0. The zero-order valence-electron chi connectivity index (χ0n) is 8.88. The lowest BCUT2D eigenvalue weighted by molar-refractivity contribution is 0.264. The molecular weight excluding hydrogens is 190 g/mol. The van der Waals surface area contributed by atoms with Crippen LogP contribution in [-0.2, 0) is 10.3 Å². The van der Waals surface area contributed by atoms with Crippen LogP contribution in [-0.4, -0.2) is 18.5 Å². The van der Waals surface area contributed by atoms with Crippen molar-refractivity contribution >= 4 is 10.3 Å². The third-order valence-electron chi connectivity index (χ3n) is 1.38. The van der Waals surface area contributed by atoms with Gasteiger partial charge >= 0.3 is 10.3 Å². The molecule has 0 aromatic rings. The fraction of sp³-hybridized carbons (Fsp3) is 1.00. The maximum Gasteiger partial charge on any atom is 0.333 e. The average Bonchev–Trinajstić information content (AvgIpc) is 1.43. The second-order valence-corrected chi connectivity index (χ2v) is 6.35. The van der Waals surface area contributed by atoms with Gasteiger partial charge in [-0.2, -0.15) is 13.1 Å². The van der Waals surface area contributed by atoms with E-state index < -0.39 is 15.8 Å². The Morgan fingerprint density at radius 2 is 1.54 bits per heavy atom. The van der Waals surface area contributed by atoms with E-state index in [4.69, 9.17) is 4.55 Å². The first kappa shape index (κ1) is 12.9. The molecule has 5 heteroatoms. The van der Waals surface area contributed by atoms with Crippen molar-refractivity contribution in [2.24, 2.45) is 5.41 Å². The molecule has 0 radical (unpaired) electrons. The molecule has 0 aromatic heterocycles. The highest BCUT2D eigenvalue weighted by molar-refractivity contribution is 7.83. The number of nitrogens with one attached hydrogen (secondary N) is 1. The van der Waals surface area contributed by atoms with Crippen molar-refractivity contribution in [3.8, 4) is 0 Å². The lowest BCUT2D eigenvalue weighted by Crippen LogP contribution is -2.45. The van der Waals surface area contributed by atoms with Gasteiger partial charge in [0.2, 0.25) is 0 Å². The molecule has 0 rings (SSSR count). The maximum atomic E-state index is 10.6. The van der Waals surface area contributed by atoms with Crippen LogP contribution in [0.2, 0.25) is 0 Å². The van der Waals surface area contributed by atoms with Gasteiger partial charge < -0.3 is 0 Å². The highest BCUT2D eigenvalue weighted by Crippen LogP contribution is 2.26. The Morgan fingerprint density at radius 1 is 1.15 bits per heavy atom. The van der Waals surface area contributed by atoms with Gasteiger partial charge in [0.25, 0.3) is 0 Å². The van der Waals surface area contributed by atoms with Gasteiger partial charge in [0.05, 0.1) is 0 Å². The molecule has 0 unspecified atom stereocenters. The zero-order chi connectivity index (χ0) is 10.9. The number of hydrogen-bond donors (Lipinski definition) is 2. The van der Waals surface area contributed by atoms with Gasteiger partial charge in [-0.3, -0.25) is 4.55 Å². The van der Waals surface area contributed by atoms with E-state index in [2.05, 4.69) is 4.72 Å². The molecule has 0 aliphatic heterocycles. The van der Waals surface area contributed by atoms with E-state index in [9.17, 15) is 8.42 Å². The molecule has 13 heavy (non-hydrogen) atoms. The summed E-state index contributed by atoms with van der Waals surface area (Å²) in [5.74, 6) is 0. The quantitative estimate of drug-likeness (QED) is 0.694. The molecule has 4 nitrogen and oxygen atoms in total. The maximum absolute atomic E-state index is 10.6. The van der Waals surface area contributed by atoms with Crippen molar-refractivity contribution in [2.75, 3.05) is 0 Å². The van der Waals surface area contributed by atoms with Crippen LogP contribution in [0.1, 0.15) is 41.0 Å². The first-order chi connectivity index (χ1) is 5.41. The summed E-state index contributed by atoms with van der Waals surface area (Å²) >= 11 is 0. The Labute approximate surface area is 80.6 Å². The van der Waals surface area contributed by atoms with Gasteiger partial charge in [-0.05, 0) is 25.7 Å². The summed E-state index contributed by atoms with van der Waals surface area (Å²) < 4.78 is 31.9. The van der Waals surface area contributed by atoms with Gasteiger partial charge in [-0.15, -0.1) is 0 Å². The number of hydrogen-bond acceptors (Lipinski definition) is 2. The number of rotatable bonds is 3. The van der Waals surface area contributed by atoms with Gasteiger partial charge in [-0.25, -0.2) is 0 Å². The van der Waals surface area contributed by atoms with Crippen molar-refractivity contribution in [1.29, 1.82) is 0 Å². The molecule has 0 heterocycles. The van der Waals surface area contributed by atoms with Crippen LogP contribution in [0.25, 0.3) is 0 Å². The second kappa shape index (κ2) is 3.55. The van der Waals surface area contributed by atoms with E-state index in [0.717, 1.165) is 0 Å². The molecule has 0 spiro atoms. The molecule has 0 amide bonds. The average molecular weight is 209 g/mol. The van der Waals surface area contributed by atoms with Crippen molar-refractivity contribution in [2.45, 2.75) is 46.6 Å². The zero-order valence-corrected chi connectivity index (χ0v) is 9.70. The van der Waals surface area contributed by atoms with Crippen molar-refractivity contribution < 1.29 is 13.0 Å². The predicted molar refractivity (Wildman–Crippen MR) is 52.8 cm³/mol. The fourth-order valence-corrected chi connectivity index (χ4v) is 2.48. The standard InChI is InChI=1S/C8H19NO3S/c1-7(2,3)6-8(4,5)9-13(10,11)12/h9H,6H2,1-5H3,(H,10,11,12). The summed E-state index contributed by atoms with van der Waals surface area (Å²) in [6.45, 7) is 9.53. The van der Waals surface area contributed by atoms with Gasteiger partial charge in [0, 0.05) is 5.54 Å². The van der Waals surface area contributed by atoms with E-state index in [1.54, 1.807) is 13.8 Å². The monoisotopic (exact) mass is 209 g/mol. The van der Waals surface area contributed by atoms with E-state index in [-0.39, 0.29) is 5.41 Å². The molecule has 0 fully saturated rings. The SMILES string of the molecule is CC(C)(C)CC(C)(C)NS(=O)(=O)O. The Bertz CT molecular complexity index is 262. The third kappa shape index (κ3) is 8.21. The van der Waals surface area contributed by atoms with Crippen LogP contribution in [0.5, 0.6) is 0 Å². The molecule has 0 saturated carbocycles. The Kier molecular flexibility index (Phi) is 3.52. The highest BCUT2D eigenvalue weighted by Gasteiger charge is 2.28. The van der Waals surface area contributed by atoms with Gasteiger partial charge in [-0.1, -0.05) is 20.8 Å². The minimum Gasteiger partial charge on any atom is -0.273 e. The lowest BCUT2D eigenvalue weighted by Gasteiger charge is -2.31. The van der Waals surface area contributed by atoms with Crippen LogP contribution < -0.4 is 4.72 Å². The molecule has 0 aromatic carbocycles. The van der Waals surface area contributed by atoms with E-state index in [1.807, 2.05) is 20.8 Å². The van der Waals surface area contributed by atoms with Gasteiger partial charge in [0.15, 0.2) is 0 Å². The summed E-state index contributed by atoms with van der Waals surface area (Å²) in [5, 5.41) is 0. The Hall–Kier alpha value is -0.130. The summed E-state index contributed by atoms with van der Waals surface area (Å²) in [6.07, 6.45) is 0.653. The minimum absolute atomic E-state index is 0.0151. The fourth-order valence-electron chi connectivity index (χ4n) is 1.71. The second-order valence-electron chi connectivity index (χ2n) is 5.20. The third-order valence-corrected chi connectivity index (χ3v) is 2.19. The van der Waals surface area contributed by atoms with Crippen LogP contribution in [0.4, 0.5) is 0 Å². The molecule has 2 N–H and O–H groups in total. The normalized spacial score (nSPS) is 14.6. The molecule has 0 atom stereocenters. The van der Waals surface area contributed by atoms with E-state index in [1.165, 1.54) is 0 Å². The van der Waals surface area contributed by atoms with Crippen LogP contribution in [0.3, 0.4) is 0 Å². The van der Waals surface area contributed by atoms with Crippen LogP contribution in [0.15, 0.2) is 0 Å². The smallest absolute Gasteiger partial charge is 0.273 e. The van der Waals surface area contributed by atoms with Gasteiger partial charge in [0.1, 0.15) is 0 Å². The van der Waals surface area contributed by atoms with Crippen molar-refractivity contribution in [1.82, 2.24) is 4.72 Å². The lowest BCUT2D eigenvalue weighted by atomic mass is 9.82. The Morgan fingerprint density at radius 3 is 1.77 bits per heavy atom. The molecule has 0 aliphatic rings. The minimum atomic E-state index is -4.10. The topological polar surface area (TPSA) is 66.4 Å². The molecule has 0 aliphatic carbocycles. The van der Waals surface area contributed by atoms with Crippen LogP contribution >= 0.6 is 0 Å².